The van der Waals surface area contributed by atoms with Crippen molar-refractivity contribution in [2.24, 2.45) is 5.73 Å². The number of amides is 1. The fraction of sp³-hybridized carbons (Fsp3) is 0.588. The Labute approximate surface area is 156 Å². The van der Waals surface area contributed by atoms with E-state index in [9.17, 15) is 13.2 Å². The second-order valence-corrected chi connectivity index (χ2v) is 8.29. The first kappa shape index (κ1) is 21.9. The maximum atomic E-state index is 12.5. The van der Waals surface area contributed by atoms with Gasteiger partial charge in [0.25, 0.3) is 0 Å². The van der Waals surface area contributed by atoms with Gasteiger partial charge in [0.15, 0.2) is 0 Å². The Hall–Kier alpha value is -1.15. The number of hydrogen-bond donors (Lipinski definition) is 2. The Bertz CT molecular complexity index is 632. The van der Waals surface area contributed by atoms with Gasteiger partial charge in [-0.2, -0.15) is 0 Å². The van der Waals surface area contributed by atoms with E-state index in [0.29, 0.717) is 32.4 Å². The molecule has 2 rings (SSSR count). The molecular formula is C17H28ClN3O3S. The third-order valence-corrected chi connectivity index (χ3v) is 6.17. The van der Waals surface area contributed by atoms with Gasteiger partial charge in [-0.3, -0.25) is 4.79 Å². The predicted octanol–water partition coefficient (Wildman–Crippen LogP) is 1.65. The molecule has 0 aromatic heterocycles. The molecule has 0 saturated carbocycles. The van der Waals surface area contributed by atoms with Crippen LogP contribution in [0.15, 0.2) is 30.3 Å². The van der Waals surface area contributed by atoms with E-state index in [0.717, 1.165) is 12.0 Å². The van der Waals surface area contributed by atoms with Crippen LogP contribution in [-0.4, -0.2) is 43.8 Å². The fourth-order valence-electron chi connectivity index (χ4n) is 2.90. The van der Waals surface area contributed by atoms with Crippen LogP contribution in [0.25, 0.3) is 0 Å². The maximum Gasteiger partial charge on any atom is 0.237 e. The van der Waals surface area contributed by atoms with Gasteiger partial charge in [0.05, 0.1) is 11.8 Å². The topological polar surface area (TPSA) is 92.5 Å². The number of rotatable bonds is 7. The number of nitrogens with two attached hydrogens (primary N) is 1. The fourth-order valence-corrected chi connectivity index (χ4v) is 4.47. The smallest absolute Gasteiger partial charge is 0.237 e. The molecule has 1 aromatic rings. The molecule has 3 N–H and O–H groups in total. The van der Waals surface area contributed by atoms with E-state index in [1.54, 1.807) is 0 Å². The van der Waals surface area contributed by atoms with E-state index in [1.807, 2.05) is 37.3 Å². The van der Waals surface area contributed by atoms with Crippen LogP contribution < -0.4 is 11.1 Å². The van der Waals surface area contributed by atoms with Crippen molar-refractivity contribution in [3.63, 3.8) is 0 Å². The van der Waals surface area contributed by atoms with Crippen LogP contribution in [0.4, 0.5) is 0 Å². The molecule has 0 radical (unpaired) electrons. The summed E-state index contributed by atoms with van der Waals surface area (Å²) in [6, 6.07) is 8.71. The van der Waals surface area contributed by atoms with Gasteiger partial charge in [-0.1, -0.05) is 43.7 Å². The van der Waals surface area contributed by atoms with Crippen molar-refractivity contribution in [1.29, 1.82) is 0 Å². The van der Waals surface area contributed by atoms with Gasteiger partial charge in [0.1, 0.15) is 0 Å². The second-order valence-electron chi connectivity index (χ2n) is 6.32. The van der Waals surface area contributed by atoms with Crippen LogP contribution in [0.5, 0.6) is 0 Å². The molecule has 25 heavy (non-hydrogen) atoms. The molecule has 8 heteroatoms. The van der Waals surface area contributed by atoms with Gasteiger partial charge < -0.3 is 11.1 Å². The summed E-state index contributed by atoms with van der Waals surface area (Å²) in [5, 5.41) is 2.94. The van der Waals surface area contributed by atoms with E-state index in [-0.39, 0.29) is 30.1 Å². The normalized spacial score (nSPS) is 17.5. The zero-order valence-corrected chi connectivity index (χ0v) is 16.2. The summed E-state index contributed by atoms with van der Waals surface area (Å²) in [4.78, 5) is 12.0. The molecule has 0 bridgehead atoms. The molecule has 142 valence electrons. The van der Waals surface area contributed by atoms with Crippen LogP contribution in [0.3, 0.4) is 0 Å². The number of piperidine rings is 1. The summed E-state index contributed by atoms with van der Waals surface area (Å²) in [6.45, 7) is 2.86. The quantitative estimate of drug-likeness (QED) is 0.741. The highest BCUT2D eigenvalue weighted by Gasteiger charge is 2.29. The largest absolute Gasteiger partial charge is 0.352 e. The summed E-state index contributed by atoms with van der Waals surface area (Å²) in [7, 11) is -3.32. The van der Waals surface area contributed by atoms with Gasteiger partial charge in [0.2, 0.25) is 15.9 Å². The molecule has 1 aliphatic rings. The molecule has 1 saturated heterocycles. The summed E-state index contributed by atoms with van der Waals surface area (Å²) in [6.07, 6.45) is 2.78. The maximum absolute atomic E-state index is 12.5. The lowest BCUT2D eigenvalue weighted by Gasteiger charge is -2.32. The lowest BCUT2D eigenvalue weighted by Crippen LogP contribution is -2.50. The molecule has 1 aliphatic heterocycles. The Morgan fingerprint density at radius 1 is 1.28 bits per heavy atom. The van der Waals surface area contributed by atoms with Crippen LogP contribution in [0, 0.1) is 0 Å². The molecule has 1 atom stereocenters. The van der Waals surface area contributed by atoms with Crippen LogP contribution in [0.2, 0.25) is 0 Å². The second kappa shape index (κ2) is 10.1. The van der Waals surface area contributed by atoms with Crippen molar-refractivity contribution in [3.8, 4) is 0 Å². The number of nitrogens with zero attached hydrogens (tertiary/aromatic N) is 1. The molecule has 1 fully saturated rings. The minimum absolute atomic E-state index is 0. The highest BCUT2D eigenvalue weighted by Crippen LogP contribution is 2.18. The van der Waals surface area contributed by atoms with Crippen LogP contribution >= 0.6 is 12.4 Å². The van der Waals surface area contributed by atoms with Gasteiger partial charge in [-0.05, 0) is 24.8 Å². The average molecular weight is 390 g/mol. The van der Waals surface area contributed by atoms with Crippen molar-refractivity contribution < 1.29 is 13.2 Å². The monoisotopic (exact) mass is 389 g/mol. The predicted molar refractivity (Wildman–Crippen MR) is 102 cm³/mol. The lowest BCUT2D eigenvalue weighted by molar-refractivity contribution is -0.123. The molecule has 1 heterocycles. The van der Waals surface area contributed by atoms with Crippen molar-refractivity contribution >= 4 is 28.3 Å². The van der Waals surface area contributed by atoms with E-state index in [4.69, 9.17) is 5.73 Å². The Morgan fingerprint density at radius 3 is 2.44 bits per heavy atom. The minimum atomic E-state index is -3.32. The van der Waals surface area contributed by atoms with E-state index >= 15 is 0 Å². The number of carbonyl (C=O) groups is 1. The third-order valence-electron chi connectivity index (χ3n) is 4.32. The van der Waals surface area contributed by atoms with Gasteiger partial charge >= 0.3 is 0 Å². The van der Waals surface area contributed by atoms with Crippen LogP contribution in [0.1, 0.15) is 38.2 Å². The molecule has 1 unspecified atom stereocenters. The third kappa shape index (κ3) is 6.58. The Kier molecular flexibility index (Phi) is 8.85. The number of sulfonamides is 1. The van der Waals surface area contributed by atoms with E-state index < -0.39 is 16.1 Å². The first-order valence-corrected chi connectivity index (χ1v) is 10.1. The Balaban J connectivity index is 0.00000312. The van der Waals surface area contributed by atoms with Crippen molar-refractivity contribution in [3.05, 3.63) is 35.9 Å². The first-order chi connectivity index (χ1) is 11.4. The van der Waals surface area contributed by atoms with Crippen LogP contribution in [-0.2, 0) is 20.6 Å². The van der Waals surface area contributed by atoms with Crippen molar-refractivity contribution in [1.82, 2.24) is 9.62 Å². The van der Waals surface area contributed by atoms with E-state index in [1.165, 1.54) is 4.31 Å². The first-order valence-electron chi connectivity index (χ1n) is 8.50. The van der Waals surface area contributed by atoms with Gasteiger partial charge in [-0.15, -0.1) is 12.4 Å². The van der Waals surface area contributed by atoms with Gasteiger partial charge in [0, 0.05) is 19.1 Å². The zero-order valence-electron chi connectivity index (χ0n) is 14.6. The Morgan fingerprint density at radius 2 is 1.88 bits per heavy atom. The minimum Gasteiger partial charge on any atom is -0.352 e. The molecule has 0 spiro atoms. The van der Waals surface area contributed by atoms with Crippen molar-refractivity contribution in [2.75, 3.05) is 13.1 Å². The average Bonchev–Trinajstić information content (AvgIpc) is 2.56. The number of halogens is 1. The van der Waals surface area contributed by atoms with Crippen molar-refractivity contribution in [2.45, 2.75) is 50.4 Å². The molecule has 1 amide bonds. The number of benzene rings is 1. The zero-order chi connectivity index (χ0) is 17.6. The standard InChI is InChI=1S/C17H27N3O3S.ClH/c1-2-6-16(18)17(21)19-15-9-11-20(12-10-15)24(22,23)13-14-7-4-3-5-8-14;/h3-5,7-8,15-16H,2,6,9-13,18H2,1H3,(H,19,21);1H. The molecule has 1 aromatic carbocycles. The number of carbonyl (C=O) groups excluding carboxylic acids is 1. The lowest BCUT2D eigenvalue weighted by atomic mass is 10.1. The highest BCUT2D eigenvalue weighted by atomic mass is 35.5. The molecule has 0 aliphatic carbocycles. The number of hydrogen-bond acceptors (Lipinski definition) is 4. The summed E-state index contributed by atoms with van der Waals surface area (Å²) >= 11 is 0. The molecular weight excluding hydrogens is 362 g/mol. The molecule has 6 nitrogen and oxygen atoms in total. The highest BCUT2D eigenvalue weighted by molar-refractivity contribution is 7.88. The number of nitrogens with one attached hydrogen (secondary N) is 1. The SMILES string of the molecule is CCCC(N)C(=O)NC1CCN(S(=O)(=O)Cc2ccccc2)CC1.Cl. The van der Waals surface area contributed by atoms with E-state index in [2.05, 4.69) is 5.32 Å². The summed E-state index contributed by atoms with van der Waals surface area (Å²) in [5.74, 6) is -0.117. The summed E-state index contributed by atoms with van der Waals surface area (Å²) < 4.78 is 26.5. The summed E-state index contributed by atoms with van der Waals surface area (Å²) in [5.41, 5.74) is 6.60. The van der Waals surface area contributed by atoms with Gasteiger partial charge in [-0.25, -0.2) is 12.7 Å².